The Labute approximate surface area is 130 Å². The third kappa shape index (κ3) is 3.48. The standard InChI is InChI=1S/C17H22N2O3/c1-13-5-3-4-6-16(13)21-12-17(20)7-8-19(11-17)10-15-9-14(2)22-18-15/h3-6,9,20H,7-8,10-12H2,1-2H3. The summed E-state index contributed by atoms with van der Waals surface area (Å²) in [5, 5.41) is 14.7. The third-order valence-corrected chi connectivity index (χ3v) is 4.06. The Morgan fingerprint density at radius 3 is 2.91 bits per heavy atom. The van der Waals surface area contributed by atoms with Crippen LogP contribution in [0.1, 0.15) is 23.4 Å². The van der Waals surface area contributed by atoms with Crippen molar-refractivity contribution in [3.63, 3.8) is 0 Å². The number of aryl methyl sites for hydroxylation is 2. The molecule has 0 radical (unpaired) electrons. The molecule has 0 aliphatic carbocycles. The number of hydrogen-bond donors (Lipinski definition) is 1. The van der Waals surface area contributed by atoms with Gasteiger partial charge in [0.15, 0.2) is 0 Å². The van der Waals surface area contributed by atoms with Crippen LogP contribution in [0.3, 0.4) is 0 Å². The summed E-state index contributed by atoms with van der Waals surface area (Å²) in [5.41, 5.74) is 1.18. The van der Waals surface area contributed by atoms with Crippen molar-refractivity contribution in [2.24, 2.45) is 0 Å². The largest absolute Gasteiger partial charge is 0.490 e. The number of β-amino-alcohol motifs (C(OH)–C–C–N with tert-alkyl or cyclic N) is 1. The van der Waals surface area contributed by atoms with Gasteiger partial charge in [-0.1, -0.05) is 23.4 Å². The molecule has 1 unspecified atom stereocenters. The molecule has 1 aliphatic rings. The van der Waals surface area contributed by atoms with Gasteiger partial charge in [0.25, 0.3) is 0 Å². The van der Waals surface area contributed by atoms with E-state index < -0.39 is 5.60 Å². The first kappa shape index (κ1) is 15.1. The molecule has 3 rings (SSSR count). The van der Waals surface area contributed by atoms with E-state index in [1.807, 2.05) is 44.2 Å². The third-order valence-electron chi connectivity index (χ3n) is 4.06. The van der Waals surface area contributed by atoms with Gasteiger partial charge in [0.05, 0.1) is 5.69 Å². The van der Waals surface area contributed by atoms with Crippen LogP contribution in [0.5, 0.6) is 5.75 Å². The highest BCUT2D eigenvalue weighted by Gasteiger charge is 2.37. The van der Waals surface area contributed by atoms with E-state index in [1.54, 1.807) is 0 Å². The van der Waals surface area contributed by atoms with E-state index in [4.69, 9.17) is 9.26 Å². The van der Waals surface area contributed by atoms with Gasteiger partial charge >= 0.3 is 0 Å². The van der Waals surface area contributed by atoms with Crippen molar-refractivity contribution in [1.29, 1.82) is 0 Å². The molecule has 1 fully saturated rings. The number of aliphatic hydroxyl groups is 1. The van der Waals surface area contributed by atoms with Gasteiger partial charge in [0.1, 0.15) is 23.7 Å². The summed E-state index contributed by atoms with van der Waals surface area (Å²) in [5.74, 6) is 1.65. The highest BCUT2D eigenvalue weighted by Crippen LogP contribution is 2.25. The van der Waals surface area contributed by atoms with E-state index in [0.717, 1.165) is 29.3 Å². The summed E-state index contributed by atoms with van der Waals surface area (Å²) in [6.45, 7) is 6.32. The van der Waals surface area contributed by atoms with Crippen LogP contribution in [0.15, 0.2) is 34.9 Å². The second-order valence-corrected chi connectivity index (χ2v) is 6.17. The van der Waals surface area contributed by atoms with E-state index in [-0.39, 0.29) is 0 Å². The Bertz CT molecular complexity index is 640. The lowest BCUT2D eigenvalue weighted by Gasteiger charge is -2.24. The van der Waals surface area contributed by atoms with Gasteiger partial charge in [-0.3, -0.25) is 4.90 Å². The molecule has 0 amide bonds. The Morgan fingerprint density at radius 2 is 2.18 bits per heavy atom. The lowest BCUT2D eigenvalue weighted by atomic mass is 10.1. The average molecular weight is 302 g/mol. The fourth-order valence-corrected chi connectivity index (χ4v) is 2.85. The van der Waals surface area contributed by atoms with Crippen molar-refractivity contribution in [1.82, 2.24) is 10.1 Å². The molecular weight excluding hydrogens is 280 g/mol. The minimum Gasteiger partial charge on any atom is -0.490 e. The lowest BCUT2D eigenvalue weighted by Crippen LogP contribution is -2.39. The van der Waals surface area contributed by atoms with Gasteiger partial charge in [-0.15, -0.1) is 0 Å². The minimum absolute atomic E-state index is 0.312. The maximum Gasteiger partial charge on any atom is 0.133 e. The highest BCUT2D eigenvalue weighted by atomic mass is 16.5. The number of rotatable bonds is 5. The van der Waals surface area contributed by atoms with Crippen LogP contribution in [0.25, 0.3) is 0 Å². The SMILES string of the molecule is Cc1cc(CN2CCC(O)(COc3ccccc3C)C2)no1. The van der Waals surface area contributed by atoms with Crippen molar-refractivity contribution >= 4 is 0 Å². The summed E-state index contributed by atoms with van der Waals surface area (Å²) in [6, 6.07) is 9.80. The fraction of sp³-hybridized carbons (Fsp3) is 0.471. The van der Waals surface area contributed by atoms with Crippen LogP contribution in [0.4, 0.5) is 0 Å². The summed E-state index contributed by atoms with van der Waals surface area (Å²) in [4.78, 5) is 2.18. The number of para-hydroxylation sites is 1. The van der Waals surface area contributed by atoms with Crippen molar-refractivity contribution in [2.75, 3.05) is 19.7 Å². The first-order chi connectivity index (χ1) is 10.5. The van der Waals surface area contributed by atoms with Crippen LogP contribution in [-0.2, 0) is 6.54 Å². The molecule has 22 heavy (non-hydrogen) atoms. The van der Waals surface area contributed by atoms with Gasteiger partial charge < -0.3 is 14.4 Å². The maximum atomic E-state index is 10.7. The normalized spacial score (nSPS) is 22.1. The van der Waals surface area contributed by atoms with Gasteiger partial charge in [0.2, 0.25) is 0 Å². The summed E-state index contributed by atoms with van der Waals surface area (Å²) < 4.78 is 10.9. The first-order valence-corrected chi connectivity index (χ1v) is 7.59. The lowest BCUT2D eigenvalue weighted by molar-refractivity contribution is 0.00306. The molecule has 5 heteroatoms. The van der Waals surface area contributed by atoms with Crippen LogP contribution < -0.4 is 4.74 Å². The Hall–Kier alpha value is -1.85. The number of hydrogen-bond acceptors (Lipinski definition) is 5. The monoisotopic (exact) mass is 302 g/mol. The second kappa shape index (κ2) is 6.10. The minimum atomic E-state index is -0.805. The summed E-state index contributed by atoms with van der Waals surface area (Å²) in [7, 11) is 0. The molecule has 2 heterocycles. The fourth-order valence-electron chi connectivity index (χ4n) is 2.85. The van der Waals surface area contributed by atoms with Crippen LogP contribution in [0.2, 0.25) is 0 Å². The molecule has 1 atom stereocenters. The van der Waals surface area contributed by atoms with E-state index in [1.165, 1.54) is 0 Å². The van der Waals surface area contributed by atoms with Crippen molar-refractivity contribution in [3.05, 3.63) is 47.3 Å². The molecular formula is C17H22N2O3. The van der Waals surface area contributed by atoms with Crippen molar-refractivity contribution in [3.8, 4) is 5.75 Å². The molecule has 1 aromatic carbocycles. The predicted molar refractivity (Wildman–Crippen MR) is 82.8 cm³/mol. The second-order valence-electron chi connectivity index (χ2n) is 6.17. The molecule has 0 bridgehead atoms. The number of nitrogens with zero attached hydrogens (tertiary/aromatic N) is 2. The number of ether oxygens (including phenoxy) is 1. The Kier molecular flexibility index (Phi) is 4.18. The summed E-state index contributed by atoms with van der Waals surface area (Å²) in [6.07, 6.45) is 0.704. The van der Waals surface area contributed by atoms with Gasteiger partial charge in [-0.25, -0.2) is 0 Å². The number of aromatic nitrogens is 1. The molecule has 1 aromatic heterocycles. The van der Waals surface area contributed by atoms with Gasteiger partial charge in [-0.05, 0) is 31.9 Å². The predicted octanol–water partition coefficient (Wildman–Crippen LogP) is 2.31. The molecule has 2 aromatic rings. The van der Waals surface area contributed by atoms with E-state index >= 15 is 0 Å². The van der Waals surface area contributed by atoms with Crippen LogP contribution in [-0.4, -0.2) is 40.5 Å². The zero-order valence-corrected chi connectivity index (χ0v) is 13.1. The summed E-state index contributed by atoms with van der Waals surface area (Å²) >= 11 is 0. The zero-order chi connectivity index (χ0) is 15.6. The van der Waals surface area contributed by atoms with Gasteiger partial charge in [0, 0.05) is 25.7 Å². The first-order valence-electron chi connectivity index (χ1n) is 7.59. The van der Waals surface area contributed by atoms with Crippen molar-refractivity contribution < 1.29 is 14.4 Å². The molecule has 118 valence electrons. The molecule has 1 N–H and O–H groups in total. The van der Waals surface area contributed by atoms with E-state index in [9.17, 15) is 5.11 Å². The quantitative estimate of drug-likeness (QED) is 0.918. The van der Waals surface area contributed by atoms with Crippen LogP contribution in [0, 0.1) is 13.8 Å². The smallest absolute Gasteiger partial charge is 0.133 e. The Morgan fingerprint density at radius 1 is 1.36 bits per heavy atom. The maximum absolute atomic E-state index is 10.7. The van der Waals surface area contributed by atoms with E-state index in [2.05, 4.69) is 10.1 Å². The zero-order valence-electron chi connectivity index (χ0n) is 13.1. The molecule has 0 spiro atoms. The number of likely N-dealkylation sites (tertiary alicyclic amines) is 1. The number of benzene rings is 1. The molecule has 1 saturated heterocycles. The van der Waals surface area contributed by atoms with Gasteiger partial charge in [-0.2, -0.15) is 0 Å². The average Bonchev–Trinajstić information content (AvgIpc) is 3.05. The molecule has 1 aliphatic heterocycles. The van der Waals surface area contributed by atoms with Crippen molar-refractivity contribution in [2.45, 2.75) is 32.4 Å². The van der Waals surface area contributed by atoms with E-state index in [0.29, 0.717) is 26.1 Å². The Balaban J connectivity index is 1.55. The highest BCUT2D eigenvalue weighted by molar-refractivity contribution is 5.31. The van der Waals surface area contributed by atoms with Crippen LogP contribution >= 0.6 is 0 Å². The topological polar surface area (TPSA) is 58.7 Å². The molecule has 0 saturated carbocycles. The molecule has 5 nitrogen and oxygen atoms in total.